The van der Waals surface area contributed by atoms with Crippen LogP contribution in [-0.4, -0.2) is 30.4 Å². The molecule has 1 aliphatic heterocycles. The van der Waals surface area contributed by atoms with Crippen molar-refractivity contribution in [1.29, 1.82) is 0 Å². The van der Waals surface area contributed by atoms with Gasteiger partial charge >= 0.3 is 0 Å². The molecule has 1 fully saturated rings. The lowest BCUT2D eigenvalue weighted by Crippen LogP contribution is -2.43. The average Bonchev–Trinajstić information content (AvgIpc) is 2.48. The fourth-order valence-electron chi connectivity index (χ4n) is 3.16. The molecule has 0 unspecified atom stereocenters. The summed E-state index contributed by atoms with van der Waals surface area (Å²) in [6.07, 6.45) is 4.89. The third-order valence-electron chi connectivity index (χ3n) is 4.95. The number of hydrogen-bond acceptors (Lipinski definition) is 3. The van der Waals surface area contributed by atoms with Crippen LogP contribution >= 0.6 is 0 Å². The zero-order valence-electron chi connectivity index (χ0n) is 13.2. The van der Waals surface area contributed by atoms with Gasteiger partial charge in [-0.3, -0.25) is 9.69 Å². The molecule has 1 aromatic rings. The van der Waals surface area contributed by atoms with E-state index in [0.717, 1.165) is 18.8 Å². The van der Waals surface area contributed by atoms with Gasteiger partial charge in [0.2, 0.25) is 5.91 Å². The van der Waals surface area contributed by atoms with Crippen molar-refractivity contribution in [2.75, 3.05) is 30.7 Å². The van der Waals surface area contributed by atoms with Crippen LogP contribution in [0.25, 0.3) is 0 Å². The largest absolute Gasteiger partial charge is 0.399 e. The van der Waals surface area contributed by atoms with Gasteiger partial charge < -0.3 is 11.1 Å². The Hall–Kier alpha value is -1.55. The lowest BCUT2D eigenvalue weighted by molar-refractivity contribution is -0.117. The maximum absolute atomic E-state index is 12.1. The van der Waals surface area contributed by atoms with Crippen LogP contribution in [0, 0.1) is 5.41 Å². The number of anilines is 2. The number of rotatable bonds is 5. The number of nitrogens with two attached hydrogens (primary N) is 1. The van der Waals surface area contributed by atoms with Crippen molar-refractivity contribution in [3.8, 4) is 0 Å². The van der Waals surface area contributed by atoms with Gasteiger partial charge in [-0.25, -0.2) is 0 Å². The van der Waals surface area contributed by atoms with Gasteiger partial charge in [-0.05, 0) is 49.5 Å². The molecule has 0 radical (unpaired) electrons. The van der Waals surface area contributed by atoms with Crippen molar-refractivity contribution in [3.63, 3.8) is 0 Å². The van der Waals surface area contributed by atoms with Gasteiger partial charge in [-0.2, -0.15) is 0 Å². The summed E-state index contributed by atoms with van der Waals surface area (Å²) in [5.74, 6) is 0.0427. The number of nitrogen functional groups attached to an aromatic ring is 1. The van der Waals surface area contributed by atoms with E-state index in [9.17, 15) is 4.79 Å². The van der Waals surface area contributed by atoms with Crippen LogP contribution in [0.3, 0.4) is 0 Å². The first kappa shape index (κ1) is 15.8. The Morgan fingerprint density at radius 1 is 1.29 bits per heavy atom. The monoisotopic (exact) mass is 289 g/mol. The molecular formula is C17H27N3O. The minimum atomic E-state index is 0.0427. The van der Waals surface area contributed by atoms with E-state index in [1.54, 1.807) is 6.07 Å². The molecule has 1 amide bonds. The quantitative estimate of drug-likeness (QED) is 0.819. The summed E-state index contributed by atoms with van der Waals surface area (Å²) in [5.41, 5.74) is 7.66. The van der Waals surface area contributed by atoms with Gasteiger partial charge in [-0.1, -0.05) is 32.8 Å². The molecule has 4 nitrogen and oxygen atoms in total. The zero-order valence-corrected chi connectivity index (χ0v) is 13.2. The number of carbonyl (C=O) groups excluding carboxylic acids is 1. The van der Waals surface area contributed by atoms with Crippen LogP contribution in [-0.2, 0) is 4.79 Å². The van der Waals surface area contributed by atoms with Crippen LogP contribution in [0.4, 0.5) is 11.4 Å². The Labute approximate surface area is 127 Å². The summed E-state index contributed by atoms with van der Waals surface area (Å²) in [4.78, 5) is 14.4. The van der Waals surface area contributed by atoms with Crippen LogP contribution in [0.2, 0.25) is 0 Å². The number of benzene rings is 1. The van der Waals surface area contributed by atoms with Gasteiger partial charge in [0.05, 0.1) is 6.54 Å². The normalized spacial score (nSPS) is 18.4. The molecule has 1 aliphatic rings. The first-order valence-electron chi connectivity index (χ1n) is 7.94. The average molecular weight is 289 g/mol. The lowest BCUT2D eigenvalue weighted by Gasteiger charge is -2.40. The van der Waals surface area contributed by atoms with Gasteiger partial charge in [0.25, 0.3) is 0 Å². The second-order valence-corrected chi connectivity index (χ2v) is 6.16. The van der Waals surface area contributed by atoms with Crippen molar-refractivity contribution in [1.82, 2.24) is 4.90 Å². The highest BCUT2D eigenvalue weighted by Crippen LogP contribution is 2.37. The summed E-state index contributed by atoms with van der Waals surface area (Å²) in [6, 6.07) is 7.31. The van der Waals surface area contributed by atoms with Crippen LogP contribution in [0.5, 0.6) is 0 Å². The SMILES string of the molecule is CCC1(CC)CCN(CC(=O)Nc2cccc(N)c2)CC1. The third kappa shape index (κ3) is 4.21. The van der Waals surface area contributed by atoms with Crippen molar-refractivity contribution in [2.24, 2.45) is 5.41 Å². The first-order chi connectivity index (χ1) is 10.1. The van der Waals surface area contributed by atoms with E-state index in [0.29, 0.717) is 17.6 Å². The van der Waals surface area contributed by atoms with Crippen LogP contribution in [0.1, 0.15) is 39.5 Å². The summed E-state index contributed by atoms with van der Waals surface area (Å²) in [5, 5.41) is 2.92. The Bertz CT molecular complexity index is 473. The molecule has 2 rings (SSSR count). The number of piperidine rings is 1. The molecule has 1 heterocycles. The zero-order chi connectivity index (χ0) is 15.3. The number of nitrogens with zero attached hydrogens (tertiary/aromatic N) is 1. The number of hydrogen-bond donors (Lipinski definition) is 2. The predicted molar refractivity (Wildman–Crippen MR) is 88.2 cm³/mol. The molecular weight excluding hydrogens is 262 g/mol. The minimum absolute atomic E-state index is 0.0427. The molecule has 0 spiro atoms. The van der Waals surface area contributed by atoms with E-state index in [-0.39, 0.29) is 5.91 Å². The maximum Gasteiger partial charge on any atom is 0.238 e. The maximum atomic E-state index is 12.1. The van der Waals surface area contributed by atoms with Crippen molar-refractivity contribution < 1.29 is 4.79 Å². The van der Waals surface area contributed by atoms with E-state index in [2.05, 4.69) is 24.1 Å². The molecule has 1 saturated heterocycles. The van der Waals surface area contributed by atoms with E-state index >= 15 is 0 Å². The summed E-state index contributed by atoms with van der Waals surface area (Å²) < 4.78 is 0. The third-order valence-corrected chi connectivity index (χ3v) is 4.95. The fourth-order valence-corrected chi connectivity index (χ4v) is 3.16. The van der Waals surface area contributed by atoms with Crippen molar-refractivity contribution in [2.45, 2.75) is 39.5 Å². The van der Waals surface area contributed by atoms with E-state index in [1.165, 1.54) is 25.7 Å². The highest BCUT2D eigenvalue weighted by atomic mass is 16.2. The van der Waals surface area contributed by atoms with Gasteiger partial charge in [0.1, 0.15) is 0 Å². The van der Waals surface area contributed by atoms with E-state index < -0.39 is 0 Å². The van der Waals surface area contributed by atoms with Crippen LogP contribution in [0.15, 0.2) is 24.3 Å². The number of amides is 1. The number of likely N-dealkylation sites (tertiary alicyclic amines) is 1. The van der Waals surface area contributed by atoms with E-state index in [4.69, 9.17) is 5.73 Å². The van der Waals surface area contributed by atoms with Crippen molar-refractivity contribution >= 4 is 17.3 Å². The Kier molecular flexibility index (Phi) is 5.23. The topological polar surface area (TPSA) is 58.4 Å². The number of nitrogens with one attached hydrogen (secondary N) is 1. The highest BCUT2D eigenvalue weighted by molar-refractivity contribution is 5.92. The molecule has 116 valence electrons. The van der Waals surface area contributed by atoms with E-state index in [1.807, 2.05) is 18.2 Å². The van der Waals surface area contributed by atoms with Crippen LogP contribution < -0.4 is 11.1 Å². The fraction of sp³-hybridized carbons (Fsp3) is 0.588. The molecule has 4 heteroatoms. The standard InChI is InChI=1S/C17H27N3O/c1-3-17(4-2)8-10-20(11-9-17)13-16(21)19-15-7-5-6-14(18)12-15/h5-7,12H,3-4,8-11,13,18H2,1-2H3,(H,19,21). The van der Waals surface area contributed by atoms with Gasteiger partial charge in [0, 0.05) is 11.4 Å². The second kappa shape index (κ2) is 6.94. The first-order valence-corrected chi connectivity index (χ1v) is 7.94. The molecule has 0 atom stereocenters. The number of carbonyl (C=O) groups is 1. The smallest absolute Gasteiger partial charge is 0.238 e. The highest BCUT2D eigenvalue weighted by Gasteiger charge is 2.31. The molecule has 21 heavy (non-hydrogen) atoms. The Morgan fingerprint density at radius 2 is 1.95 bits per heavy atom. The van der Waals surface area contributed by atoms with Crippen molar-refractivity contribution in [3.05, 3.63) is 24.3 Å². The Balaban J connectivity index is 1.82. The predicted octanol–water partition coefficient (Wildman–Crippen LogP) is 3.11. The molecule has 1 aromatic carbocycles. The lowest BCUT2D eigenvalue weighted by atomic mass is 9.74. The van der Waals surface area contributed by atoms with Gasteiger partial charge in [-0.15, -0.1) is 0 Å². The molecule has 3 N–H and O–H groups in total. The molecule has 0 bridgehead atoms. The molecule has 0 saturated carbocycles. The Morgan fingerprint density at radius 3 is 2.52 bits per heavy atom. The molecule has 0 aromatic heterocycles. The second-order valence-electron chi connectivity index (χ2n) is 6.16. The summed E-state index contributed by atoms with van der Waals surface area (Å²) in [7, 11) is 0. The summed E-state index contributed by atoms with van der Waals surface area (Å²) in [6.45, 7) is 7.08. The summed E-state index contributed by atoms with van der Waals surface area (Å²) >= 11 is 0. The van der Waals surface area contributed by atoms with Gasteiger partial charge in [0.15, 0.2) is 0 Å². The molecule has 0 aliphatic carbocycles. The minimum Gasteiger partial charge on any atom is -0.399 e.